The Morgan fingerprint density at radius 1 is 1.29 bits per heavy atom. The molecule has 0 atom stereocenters. The number of benzene rings is 1. The predicted octanol–water partition coefficient (Wildman–Crippen LogP) is 4.52. The van der Waals surface area contributed by atoms with Crippen molar-refractivity contribution in [3.8, 4) is 0 Å². The van der Waals surface area contributed by atoms with Crippen molar-refractivity contribution >= 4 is 34.0 Å². The molecule has 110 valence electrons. The normalized spacial score (nSPS) is 15.3. The van der Waals surface area contributed by atoms with Crippen LogP contribution in [0.15, 0.2) is 30.5 Å². The number of thiazole rings is 1. The fraction of sp³-hybridized carbons (Fsp3) is 0.375. The minimum absolute atomic E-state index is 0.125. The van der Waals surface area contributed by atoms with E-state index in [1.165, 1.54) is 5.56 Å². The van der Waals surface area contributed by atoms with Gasteiger partial charge in [-0.25, -0.2) is 4.98 Å². The minimum atomic E-state index is 0.125. The SMILES string of the molecule is O=C(Nc1ncc(Cc2ccc(Cl)cc2)s1)C1CCCC1. The van der Waals surface area contributed by atoms with Crippen molar-refractivity contribution in [2.45, 2.75) is 32.1 Å². The molecule has 0 radical (unpaired) electrons. The fourth-order valence-corrected chi connectivity index (χ4v) is 3.62. The monoisotopic (exact) mass is 320 g/mol. The number of carbonyl (C=O) groups is 1. The zero-order chi connectivity index (χ0) is 14.7. The third-order valence-corrected chi connectivity index (χ3v) is 4.97. The lowest BCUT2D eigenvalue weighted by Crippen LogP contribution is -2.19. The number of halogens is 1. The summed E-state index contributed by atoms with van der Waals surface area (Å²) in [6, 6.07) is 7.80. The summed E-state index contributed by atoms with van der Waals surface area (Å²) in [4.78, 5) is 17.5. The van der Waals surface area contributed by atoms with E-state index in [-0.39, 0.29) is 11.8 Å². The molecule has 0 aliphatic heterocycles. The van der Waals surface area contributed by atoms with Crippen LogP contribution in [0.3, 0.4) is 0 Å². The summed E-state index contributed by atoms with van der Waals surface area (Å²) >= 11 is 7.42. The summed E-state index contributed by atoms with van der Waals surface area (Å²) in [5, 5.41) is 4.39. The van der Waals surface area contributed by atoms with Gasteiger partial charge in [0, 0.05) is 28.4 Å². The summed E-state index contributed by atoms with van der Waals surface area (Å²) in [6.45, 7) is 0. The minimum Gasteiger partial charge on any atom is -0.302 e. The van der Waals surface area contributed by atoms with Gasteiger partial charge >= 0.3 is 0 Å². The molecule has 1 heterocycles. The summed E-state index contributed by atoms with van der Waals surface area (Å²) in [7, 11) is 0. The Kier molecular flexibility index (Phi) is 4.56. The number of anilines is 1. The van der Waals surface area contributed by atoms with Gasteiger partial charge in [0.15, 0.2) is 5.13 Å². The van der Waals surface area contributed by atoms with E-state index in [4.69, 9.17) is 11.6 Å². The lowest BCUT2D eigenvalue weighted by molar-refractivity contribution is -0.119. The molecule has 1 aliphatic carbocycles. The Morgan fingerprint density at radius 3 is 2.71 bits per heavy atom. The summed E-state index contributed by atoms with van der Waals surface area (Å²) in [5.41, 5.74) is 1.19. The number of aromatic nitrogens is 1. The van der Waals surface area contributed by atoms with Crippen LogP contribution in [0.1, 0.15) is 36.1 Å². The first-order valence-corrected chi connectivity index (χ1v) is 8.40. The number of carbonyl (C=O) groups excluding carboxylic acids is 1. The van der Waals surface area contributed by atoms with Crippen molar-refractivity contribution in [2.75, 3.05) is 5.32 Å². The maximum Gasteiger partial charge on any atom is 0.229 e. The average molecular weight is 321 g/mol. The number of nitrogens with one attached hydrogen (secondary N) is 1. The van der Waals surface area contributed by atoms with Gasteiger partial charge < -0.3 is 5.32 Å². The number of hydrogen-bond donors (Lipinski definition) is 1. The number of rotatable bonds is 4. The Morgan fingerprint density at radius 2 is 2.00 bits per heavy atom. The molecular weight excluding hydrogens is 304 g/mol. The molecule has 0 spiro atoms. The highest BCUT2D eigenvalue weighted by Gasteiger charge is 2.23. The molecule has 0 unspecified atom stereocenters. The van der Waals surface area contributed by atoms with Crippen molar-refractivity contribution in [2.24, 2.45) is 5.92 Å². The highest BCUT2D eigenvalue weighted by atomic mass is 35.5. The van der Waals surface area contributed by atoms with E-state index in [2.05, 4.69) is 10.3 Å². The van der Waals surface area contributed by atoms with Gasteiger partial charge in [-0.2, -0.15) is 0 Å². The maximum absolute atomic E-state index is 12.1. The molecule has 1 amide bonds. The van der Waals surface area contributed by atoms with Crippen LogP contribution < -0.4 is 5.32 Å². The number of amides is 1. The average Bonchev–Trinajstić information content (AvgIpc) is 3.13. The third kappa shape index (κ3) is 3.83. The fourth-order valence-electron chi connectivity index (χ4n) is 2.65. The smallest absolute Gasteiger partial charge is 0.229 e. The first kappa shape index (κ1) is 14.5. The molecule has 1 fully saturated rings. The quantitative estimate of drug-likeness (QED) is 0.900. The van der Waals surface area contributed by atoms with Crippen LogP contribution in [-0.2, 0) is 11.2 Å². The van der Waals surface area contributed by atoms with E-state index in [1.54, 1.807) is 11.3 Å². The van der Waals surface area contributed by atoms with Crippen molar-refractivity contribution in [3.63, 3.8) is 0 Å². The van der Waals surface area contributed by atoms with Crippen LogP contribution in [-0.4, -0.2) is 10.9 Å². The molecule has 0 saturated heterocycles. The van der Waals surface area contributed by atoms with E-state index in [0.29, 0.717) is 5.13 Å². The molecule has 2 aromatic rings. The topological polar surface area (TPSA) is 42.0 Å². The Hall–Kier alpha value is -1.39. The predicted molar refractivity (Wildman–Crippen MR) is 87.0 cm³/mol. The second kappa shape index (κ2) is 6.58. The molecule has 1 saturated carbocycles. The van der Waals surface area contributed by atoms with Crippen LogP contribution in [0.5, 0.6) is 0 Å². The zero-order valence-electron chi connectivity index (χ0n) is 11.6. The van der Waals surface area contributed by atoms with Gasteiger partial charge in [-0.15, -0.1) is 11.3 Å². The van der Waals surface area contributed by atoms with E-state index in [0.717, 1.165) is 42.0 Å². The van der Waals surface area contributed by atoms with Crippen molar-refractivity contribution < 1.29 is 4.79 Å². The van der Waals surface area contributed by atoms with E-state index in [1.807, 2.05) is 30.5 Å². The molecule has 1 aliphatic rings. The Labute approximate surface area is 133 Å². The van der Waals surface area contributed by atoms with Crippen LogP contribution in [0.2, 0.25) is 5.02 Å². The molecule has 0 bridgehead atoms. The van der Waals surface area contributed by atoms with Crippen LogP contribution in [0.25, 0.3) is 0 Å². The van der Waals surface area contributed by atoms with Crippen LogP contribution in [0.4, 0.5) is 5.13 Å². The molecule has 21 heavy (non-hydrogen) atoms. The lowest BCUT2D eigenvalue weighted by Gasteiger charge is -2.07. The summed E-state index contributed by atoms with van der Waals surface area (Å²) < 4.78 is 0. The van der Waals surface area contributed by atoms with Gasteiger partial charge in [0.1, 0.15) is 0 Å². The van der Waals surface area contributed by atoms with Gasteiger partial charge in [0.2, 0.25) is 5.91 Å². The van der Waals surface area contributed by atoms with Crippen molar-refractivity contribution in [1.82, 2.24) is 4.98 Å². The first-order chi connectivity index (χ1) is 10.2. The van der Waals surface area contributed by atoms with E-state index >= 15 is 0 Å². The molecular formula is C16H17ClN2OS. The van der Waals surface area contributed by atoms with Gasteiger partial charge in [-0.3, -0.25) is 4.79 Å². The molecule has 1 aromatic carbocycles. The first-order valence-electron chi connectivity index (χ1n) is 7.21. The summed E-state index contributed by atoms with van der Waals surface area (Å²) in [5.74, 6) is 0.300. The van der Waals surface area contributed by atoms with Gasteiger partial charge in [-0.1, -0.05) is 36.6 Å². The lowest BCUT2D eigenvalue weighted by atomic mass is 10.1. The van der Waals surface area contributed by atoms with Gasteiger partial charge in [0.05, 0.1) is 0 Å². The van der Waals surface area contributed by atoms with E-state index in [9.17, 15) is 4.79 Å². The van der Waals surface area contributed by atoms with Crippen LogP contribution in [0, 0.1) is 5.92 Å². The highest BCUT2D eigenvalue weighted by molar-refractivity contribution is 7.15. The van der Waals surface area contributed by atoms with Gasteiger partial charge in [0.25, 0.3) is 0 Å². The molecule has 1 aromatic heterocycles. The summed E-state index contributed by atoms with van der Waals surface area (Å²) in [6.07, 6.45) is 7.00. The molecule has 3 rings (SSSR count). The van der Waals surface area contributed by atoms with Crippen molar-refractivity contribution in [1.29, 1.82) is 0 Å². The molecule has 5 heteroatoms. The van der Waals surface area contributed by atoms with Crippen molar-refractivity contribution in [3.05, 3.63) is 45.9 Å². The number of hydrogen-bond acceptors (Lipinski definition) is 3. The standard InChI is InChI=1S/C16H17ClN2OS/c17-13-7-5-11(6-8-13)9-14-10-18-16(21-14)19-15(20)12-3-1-2-4-12/h5-8,10,12H,1-4,9H2,(H,18,19,20). The zero-order valence-corrected chi connectivity index (χ0v) is 13.2. The number of nitrogens with zero attached hydrogens (tertiary/aromatic N) is 1. The second-order valence-corrected chi connectivity index (χ2v) is 6.96. The Balaban J connectivity index is 1.60. The third-order valence-electron chi connectivity index (χ3n) is 3.80. The highest BCUT2D eigenvalue weighted by Crippen LogP contribution is 2.27. The second-order valence-electron chi connectivity index (χ2n) is 5.41. The van der Waals surface area contributed by atoms with Gasteiger partial charge in [-0.05, 0) is 30.5 Å². The maximum atomic E-state index is 12.1. The largest absolute Gasteiger partial charge is 0.302 e. The molecule has 1 N–H and O–H groups in total. The molecule has 3 nitrogen and oxygen atoms in total. The van der Waals surface area contributed by atoms with E-state index < -0.39 is 0 Å². The Bertz CT molecular complexity index is 617. The van der Waals surface area contributed by atoms with Crippen LogP contribution >= 0.6 is 22.9 Å².